The monoisotopic (exact) mass is 283 g/mol. The Morgan fingerprint density at radius 3 is 2.45 bits per heavy atom. The zero-order valence-electron chi connectivity index (χ0n) is 12.4. The normalized spacial score (nSPS) is 15.7. The zero-order chi connectivity index (χ0) is 14.8. The molecule has 0 amide bonds. The van der Waals surface area contributed by atoms with Gasteiger partial charge in [0.25, 0.3) is 0 Å². The van der Waals surface area contributed by atoms with Crippen molar-refractivity contribution in [2.45, 2.75) is 39.0 Å². The second kappa shape index (κ2) is 9.53. The molecule has 1 aliphatic rings. The van der Waals surface area contributed by atoms with E-state index in [9.17, 15) is 9.59 Å². The van der Waals surface area contributed by atoms with Crippen molar-refractivity contribution in [1.29, 1.82) is 0 Å². The number of rotatable bonds is 8. The predicted octanol–water partition coefficient (Wildman–Crippen LogP) is 1.92. The second-order valence-corrected chi connectivity index (χ2v) is 5.14. The highest BCUT2D eigenvalue weighted by Crippen LogP contribution is 2.07. The zero-order valence-corrected chi connectivity index (χ0v) is 12.4. The van der Waals surface area contributed by atoms with Gasteiger partial charge in [0.1, 0.15) is 6.61 Å². The number of piperidine rings is 1. The molecule has 0 unspecified atom stereocenters. The van der Waals surface area contributed by atoms with Crippen LogP contribution in [-0.2, 0) is 19.1 Å². The maximum atomic E-state index is 11.5. The van der Waals surface area contributed by atoms with Crippen molar-refractivity contribution >= 4 is 11.9 Å². The Balaban J connectivity index is 1.97. The molecule has 0 aromatic carbocycles. The summed E-state index contributed by atoms with van der Waals surface area (Å²) in [5, 5.41) is 0. The molecule has 1 saturated heterocycles. The average Bonchev–Trinajstić information content (AvgIpc) is 2.44. The number of likely N-dealkylation sites (tertiary alicyclic amines) is 1. The van der Waals surface area contributed by atoms with Crippen LogP contribution in [0.4, 0.5) is 0 Å². The maximum Gasteiger partial charge on any atom is 0.333 e. The Hall–Kier alpha value is -1.36. The molecule has 1 aliphatic heterocycles. The first-order chi connectivity index (χ1) is 9.59. The molecule has 0 aromatic rings. The highest BCUT2D eigenvalue weighted by atomic mass is 16.5. The van der Waals surface area contributed by atoms with E-state index in [1.165, 1.54) is 19.3 Å². The molecular formula is C15H25NO4. The van der Waals surface area contributed by atoms with Crippen molar-refractivity contribution in [2.24, 2.45) is 0 Å². The van der Waals surface area contributed by atoms with Gasteiger partial charge in [0.2, 0.25) is 0 Å². The number of ether oxygens (including phenoxy) is 2. The van der Waals surface area contributed by atoms with Gasteiger partial charge in [-0.1, -0.05) is 13.0 Å². The summed E-state index contributed by atoms with van der Waals surface area (Å²) in [5.41, 5.74) is 0.370. The molecule has 0 bridgehead atoms. The highest BCUT2D eigenvalue weighted by Gasteiger charge is 2.11. The van der Waals surface area contributed by atoms with E-state index in [4.69, 9.17) is 9.47 Å². The minimum absolute atomic E-state index is 0.228. The fraction of sp³-hybridized carbons (Fsp3) is 0.733. The second-order valence-electron chi connectivity index (χ2n) is 5.14. The van der Waals surface area contributed by atoms with Crippen LogP contribution < -0.4 is 0 Å². The highest BCUT2D eigenvalue weighted by molar-refractivity contribution is 5.86. The molecule has 0 N–H and O–H groups in total. The van der Waals surface area contributed by atoms with Gasteiger partial charge in [0, 0.05) is 18.5 Å². The summed E-state index contributed by atoms with van der Waals surface area (Å²) in [4.78, 5) is 24.9. The van der Waals surface area contributed by atoms with Crippen molar-refractivity contribution in [3.8, 4) is 0 Å². The van der Waals surface area contributed by atoms with Gasteiger partial charge >= 0.3 is 11.9 Å². The molecule has 0 spiro atoms. The molecule has 114 valence electrons. The lowest BCUT2D eigenvalue weighted by molar-refractivity contribution is -0.146. The van der Waals surface area contributed by atoms with Crippen LogP contribution >= 0.6 is 0 Å². The van der Waals surface area contributed by atoms with Crippen LogP contribution in [0.2, 0.25) is 0 Å². The Kier molecular flexibility index (Phi) is 7.95. The van der Waals surface area contributed by atoms with E-state index in [0.29, 0.717) is 18.6 Å². The number of carbonyl (C=O) groups excluding carboxylic acids is 2. The van der Waals surface area contributed by atoms with Gasteiger partial charge in [0.05, 0.1) is 6.61 Å². The summed E-state index contributed by atoms with van der Waals surface area (Å²) >= 11 is 0. The Morgan fingerprint density at radius 1 is 1.10 bits per heavy atom. The summed E-state index contributed by atoms with van der Waals surface area (Å²) in [6, 6.07) is 0. The van der Waals surface area contributed by atoms with Crippen molar-refractivity contribution in [2.75, 3.05) is 32.8 Å². The molecule has 20 heavy (non-hydrogen) atoms. The third-order valence-corrected chi connectivity index (χ3v) is 3.23. The van der Waals surface area contributed by atoms with Crippen LogP contribution in [0.5, 0.6) is 0 Å². The quantitative estimate of drug-likeness (QED) is 0.387. The van der Waals surface area contributed by atoms with Gasteiger partial charge in [-0.3, -0.25) is 9.69 Å². The largest absolute Gasteiger partial charge is 0.464 e. The third kappa shape index (κ3) is 7.28. The van der Waals surface area contributed by atoms with E-state index in [1.54, 1.807) is 6.92 Å². The first-order valence-electron chi connectivity index (χ1n) is 7.30. The lowest BCUT2D eigenvalue weighted by Crippen LogP contribution is -2.33. The molecule has 5 nitrogen and oxygen atoms in total. The fourth-order valence-electron chi connectivity index (χ4n) is 2.05. The number of hydrogen-bond acceptors (Lipinski definition) is 5. The van der Waals surface area contributed by atoms with Crippen molar-refractivity contribution in [3.05, 3.63) is 12.2 Å². The van der Waals surface area contributed by atoms with E-state index >= 15 is 0 Å². The summed E-state index contributed by atoms with van der Waals surface area (Å²) in [6.45, 7) is 8.78. The topological polar surface area (TPSA) is 55.8 Å². The third-order valence-electron chi connectivity index (χ3n) is 3.23. The lowest BCUT2D eigenvalue weighted by atomic mass is 10.1. The average molecular weight is 283 g/mol. The van der Waals surface area contributed by atoms with E-state index < -0.39 is 5.97 Å². The van der Waals surface area contributed by atoms with Crippen molar-refractivity contribution in [3.63, 3.8) is 0 Å². The molecule has 0 radical (unpaired) electrons. The maximum absolute atomic E-state index is 11.5. The SMILES string of the molecule is C=C(C)C(=O)OCCCC(=O)OCCN1CCCCC1. The Morgan fingerprint density at radius 2 is 1.80 bits per heavy atom. The Bertz CT molecular complexity index is 335. The molecule has 0 saturated carbocycles. The van der Waals surface area contributed by atoms with Crippen LogP contribution in [0.25, 0.3) is 0 Å². The number of carbonyl (C=O) groups is 2. The van der Waals surface area contributed by atoms with Gasteiger partial charge in [-0.15, -0.1) is 0 Å². The summed E-state index contributed by atoms with van der Waals surface area (Å²) in [6.07, 6.45) is 4.55. The van der Waals surface area contributed by atoms with Gasteiger partial charge < -0.3 is 9.47 Å². The molecule has 0 atom stereocenters. The number of nitrogens with zero attached hydrogens (tertiary/aromatic N) is 1. The predicted molar refractivity (Wildman–Crippen MR) is 76.3 cm³/mol. The fourth-order valence-corrected chi connectivity index (χ4v) is 2.05. The van der Waals surface area contributed by atoms with E-state index in [0.717, 1.165) is 19.6 Å². The van der Waals surface area contributed by atoms with Crippen LogP contribution in [0.3, 0.4) is 0 Å². The van der Waals surface area contributed by atoms with Gasteiger partial charge in [-0.2, -0.15) is 0 Å². The molecule has 1 heterocycles. The van der Waals surface area contributed by atoms with Crippen molar-refractivity contribution in [1.82, 2.24) is 4.90 Å². The molecule has 1 fully saturated rings. The first-order valence-corrected chi connectivity index (χ1v) is 7.30. The number of esters is 2. The summed E-state index contributed by atoms with van der Waals surface area (Å²) in [7, 11) is 0. The Labute approximate surface area is 120 Å². The molecule has 0 aliphatic carbocycles. The molecular weight excluding hydrogens is 258 g/mol. The van der Waals surface area contributed by atoms with E-state index in [-0.39, 0.29) is 19.0 Å². The van der Waals surface area contributed by atoms with Crippen LogP contribution in [0.1, 0.15) is 39.0 Å². The van der Waals surface area contributed by atoms with Gasteiger partial charge in [-0.25, -0.2) is 4.79 Å². The van der Waals surface area contributed by atoms with E-state index in [1.807, 2.05) is 0 Å². The van der Waals surface area contributed by atoms with Crippen LogP contribution in [0, 0.1) is 0 Å². The first kappa shape index (κ1) is 16.7. The number of hydrogen-bond donors (Lipinski definition) is 0. The smallest absolute Gasteiger partial charge is 0.333 e. The minimum Gasteiger partial charge on any atom is -0.464 e. The van der Waals surface area contributed by atoms with Gasteiger partial charge in [-0.05, 0) is 39.3 Å². The molecule has 1 rings (SSSR count). The van der Waals surface area contributed by atoms with E-state index in [2.05, 4.69) is 11.5 Å². The molecule has 5 heteroatoms. The lowest BCUT2D eigenvalue weighted by Gasteiger charge is -2.25. The van der Waals surface area contributed by atoms with Crippen LogP contribution in [-0.4, -0.2) is 49.7 Å². The summed E-state index contributed by atoms with van der Waals surface area (Å²) in [5.74, 6) is -0.642. The van der Waals surface area contributed by atoms with Crippen LogP contribution in [0.15, 0.2) is 12.2 Å². The molecule has 0 aromatic heterocycles. The minimum atomic E-state index is -0.413. The van der Waals surface area contributed by atoms with Crippen molar-refractivity contribution < 1.29 is 19.1 Å². The summed E-state index contributed by atoms with van der Waals surface area (Å²) < 4.78 is 10.1. The standard InChI is InChI=1S/C15H25NO4/c1-13(2)15(18)20-11-6-7-14(17)19-12-10-16-8-4-3-5-9-16/h1,3-12H2,2H3. The van der Waals surface area contributed by atoms with Gasteiger partial charge in [0.15, 0.2) is 0 Å².